The number of hydrogen-bond donors (Lipinski definition) is 0. The van der Waals surface area contributed by atoms with Gasteiger partial charge in [0.15, 0.2) is 0 Å². The van der Waals surface area contributed by atoms with Gasteiger partial charge in [-0.25, -0.2) is 0 Å². The average Bonchev–Trinajstić information content (AvgIpc) is 2.27. The number of hydrogen-bond acceptors (Lipinski definition) is 1. The van der Waals surface area contributed by atoms with Crippen molar-refractivity contribution in [1.82, 2.24) is 4.98 Å². The van der Waals surface area contributed by atoms with E-state index in [1.807, 2.05) is 12.4 Å². The molecule has 15 heavy (non-hydrogen) atoms. The highest BCUT2D eigenvalue weighted by Crippen LogP contribution is 2.29. The lowest BCUT2D eigenvalue weighted by Gasteiger charge is -2.17. The lowest BCUT2D eigenvalue weighted by atomic mass is 9.87. The maximum atomic E-state index is 4.16. The highest BCUT2D eigenvalue weighted by Gasteiger charge is 2.12. The van der Waals surface area contributed by atoms with Gasteiger partial charge in [-0.15, -0.1) is 0 Å². The molecule has 1 nitrogen and oxygen atoms in total. The molecule has 2 rings (SSSR count). The lowest BCUT2D eigenvalue weighted by molar-refractivity contribution is 0.538. The molecule has 0 fully saturated rings. The Morgan fingerprint density at radius 1 is 1.07 bits per heavy atom. The zero-order valence-corrected chi connectivity index (χ0v) is 9.57. The van der Waals surface area contributed by atoms with Crippen molar-refractivity contribution < 1.29 is 0 Å². The number of fused-ring (bicyclic) bond motifs is 1. The Hall–Kier alpha value is -1.37. The summed E-state index contributed by atoms with van der Waals surface area (Å²) < 4.78 is 0. The van der Waals surface area contributed by atoms with Crippen LogP contribution in [0.25, 0.3) is 10.8 Å². The van der Waals surface area contributed by atoms with E-state index >= 15 is 0 Å². The molecule has 1 atom stereocenters. The van der Waals surface area contributed by atoms with Gasteiger partial charge in [0.2, 0.25) is 0 Å². The standard InChI is InChI=1S/C14H17N/c1-10(2)11(3)13-6-4-5-12-9-15-8-7-14(12)13/h4-11H,1-3H3. The minimum atomic E-state index is 0.594. The van der Waals surface area contributed by atoms with E-state index < -0.39 is 0 Å². The molecule has 0 radical (unpaired) electrons. The molecule has 1 heteroatoms. The van der Waals surface area contributed by atoms with Gasteiger partial charge in [-0.3, -0.25) is 4.98 Å². The minimum absolute atomic E-state index is 0.594. The molecule has 0 spiro atoms. The third kappa shape index (κ3) is 1.87. The van der Waals surface area contributed by atoms with Gasteiger partial charge in [-0.05, 0) is 28.9 Å². The van der Waals surface area contributed by atoms with E-state index in [0.717, 1.165) is 0 Å². The van der Waals surface area contributed by atoms with E-state index in [9.17, 15) is 0 Å². The summed E-state index contributed by atoms with van der Waals surface area (Å²) in [4.78, 5) is 4.16. The molecular formula is C14H17N. The van der Waals surface area contributed by atoms with Crippen molar-refractivity contribution in [2.75, 3.05) is 0 Å². The van der Waals surface area contributed by atoms with Crippen LogP contribution in [0.2, 0.25) is 0 Å². The predicted molar refractivity (Wildman–Crippen MR) is 65.0 cm³/mol. The van der Waals surface area contributed by atoms with Crippen molar-refractivity contribution in [3.8, 4) is 0 Å². The first-order valence-corrected chi connectivity index (χ1v) is 5.53. The fourth-order valence-electron chi connectivity index (χ4n) is 1.90. The van der Waals surface area contributed by atoms with Crippen LogP contribution in [-0.4, -0.2) is 4.98 Å². The normalized spacial score (nSPS) is 13.3. The first-order valence-electron chi connectivity index (χ1n) is 5.53. The van der Waals surface area contributed by atoms with Crippen molar-refractivity contribution in [1.29, 1.82) is 0 Å². The molecule has 0 saturated heterocycles. The Balaban J connectivity index is 2.60. The summed E-state index contributed by atoms with van der Waals surface area (Å²) in [5.74, 6) is 1.26. The number of pyridine rings is 1. The molecule has 0 amide bonds. The van der Waals surface area contributed by atoms with Gasteiger partial charge >= 0.3 is 0 Å². The van der Waals surface area contributed by atoms with Gasteiger partial charge in [0.05, 0.1) is 0 Å². The summed E-state index contributed by atoms with van der Waals surface area (Å²) in [5.41, 5.74) is 1.44. The number of aromatic nitrogens is 1. The second-order valence-corrected chi connectivity index (χ2v) is 4.48. The summed E-state index contributed by atoms with van der Waals surface area (Å²) in [6.45, 7) is 6.83. The van der Waals surface area contributed by atoms with Crippen LogP contribution in [0, 0.1) is 5.92 Å². The fourth-order valence-corrected chi connectivity index (χ4v) is 1.90. The molecule has 0 bridgehead atoms. The topological polar surface area (TPSA) is 12.9 Å². The minimum Gasteiger partial charge on any atom is -0.264 e. The predicted octanol–water partition coefficient (Wildman–Crippen LogP) is 3.99. The van der Waals surface area contributed by atoms with Crippen LogP contribution < -0.4 is 0 Å². The van der Waals surface area contributed by atoms with Crippen molar-refractivity contribution in [2.24, 2.45) is 5.92 Å². The second kappa shape index (κ2) is 4.01. The van der Waals surface area contributed by atoms with Crippen molar-refractivity contribution in [2.45, 2.75) is 26.7 Å². The molecule has 0 saturated carbocycles. The average molecular weight is 199 g/mol. The van der Waals surface area contributed by atoms with Crippen LogP contribution in [0.3, 0.4) is 0 Å². The van der Waals surface area contributed by atoms with Gasteiger partial charge in [0.1, 0.15) is 0 Å². The maximum Gasteiger partial charge on any atom is 0.0346 e. The highest BCUT2D eigenvalue weighted by atomic mass is 14.6. The molecule has 1 aromatic heterocycles. The van der Waals surface area contributed by atoms with Gasteiger partial charge in [0.25, 0.3) is 0 Å². The molecule has 1 unspecified atom stereocenters. The highest BCUT2D eigenvalue weighted by molar-refractivity contribution is 5.85. The summed E-state index contributed by atoms with van der Waals surface area (Å²) in [5, 5.41) is 2.58. The smallest absolute Gasteiger partial charge is 0.0346 e. The van der Waals surface area contributed by atoms with Crippen molar-refractivity contribution in [3.63, 3.8) is 0 Å². The van der Waals surface area contributed by atoms with Crippen LogP contribution in [0.4, 0.5) is 0 Å². The summed E-state index contributed by atoms with van der Waals surface area (Å²) >= 11 is 0. The first-order chi connectivity index (χ1) is 7.20. The summed E-state index contributed by atoms with van der Waals surface area (Å²) in [6.07, 6.45) is 3.81. The zero-order valence-electron chi connectivity index (χ0n) is 9.57. The second-order valence-electron chi connectivity index (χ2n) is 4.48. The van der Waals surface area contributed by atoms with Crippen molar-refractivity contribution >= 4 is 10.8 Å². The van der Waals surface area contributed by atoms with Gasteiger partial charge < -0.3 is 0 Å². The Bertz CT molecular complexity index is 454. The lowest BCUT2D eigenvalue weighted by Crippen LogP contribution is -2.02. The van der Waals surface area contributed by atoms with E-state index in [4.69, 9.17) is 0 Å². The molecule has 0 N–H and O–H groups in total. The van der Waals surface area contributed by atoms with E-state index in [1.165, 1.54) is 16.3 Å². The SMILES string of the molecule is CC(C)C(C)c1cccc2cnccc12. The number of nitrogens with zero attached hydrogens (tertiary/aromatic N) is 1. The van der Waals surface area contributed by atoms with Gasteiger partial charge in [-0.1, -0.05) is 39.0 Å². The summed E-state index contributed by atoms with van der Waals surface area (Å²) in [6, 6.07) is 8.59. The fraction of sp³-hybridized carbons (Fsp3) is 0.357. The molecule has 2 aromatic rings. The van der Waals surface area contributed by atoms with E-state index in [2.05, 4.69) is 50.0 Å². The molecule has 0 aliphatic heterocycles. The third-order valence-corrected chi connectivity index (χ3v) is 3.21. The molecule has 1 aromatic carbocycles. The molecule has 0 aliphatic carbocycles. The Morgan fingerprint density at radius 3 is 2.60 bits per heavy atom. The Morgan fingerprint density at radius 2 is 1.87 bits per heavy atom. The van der Waals surface area contributed by atoms with E-state index in [1.54, 1.807) is 0 Å². The zero-order chi connectivity index (χ0) is 10.8. The Kier molecular flexibility index (Phi) is 2.72. The third-order valence-electron chi connectivity index (χ3n) is 3.21. The molecular weight excluding hydrogens is 182 g/mol. The number of rotatable bonds is 2. The van der Waals surface area contributed by atoms with Crippen LogP contribution in [0.5, 0.6) is 0 Å². The van der Waals surface area contributed by atoms with E-state index in [0.29, 0.717) is 11.8 Å². The Labute approximate surface area is 91.2 Å². The van der Waals surface area contributed by atoms with Crippen LogP contribution in [0.1, 0.15) is 32.3 Å². The van der Waals surface area contributed by atoms with Gasteiger partial charge in [0, 0.05) is 17.8 Å². The van der Waals surface area contributed by atoms with Crippen LogP contribution in [-0.2, 0) is 0 Å². The van der Waals surface area contributed by atoms with Gasteiger partial charge in [-0.2, -0.15) is 0 Å². The number of benzene rings is 1. The van der Waals surface area contributed by atoms with Crippen LogP contribution >= 0.6 is 0 Å². The maximum absolute atomic E-state index is 4.16. The van der Waals surface area contributed by atoms with Crippen LogP contribution in [0.15, 0.2) is 36.7 Å². The summed E-state index contributed by atoms with van der Waals surface area (Å²) in [7, 11) is 0. The molecule has 78 valence electrons. The molecule has 1 heterocycles. The first kappa shape index (κ1) is 10.2. The molecule has 0 aliphatic rings. The van der Waals surface area contributed by atoms with E-state index in [-0.39, 0.29) is 0 Å². The largest absolute Gasteiger partial charge is 0.264 e. The monoisotopic (exact) mass is 199 g/mol. The van der Waals surface area contributed by atoms with Crippen molar-refractivity contribution in [3.05, 3.63) is 42.2 Å². The quantitative estimate of drug-likeness (QED) is 0.712.